The lowest BCUT2D eigenvalue weighted by Gasteiger charge is -2.04. The highest BCUT2D eigenvalue weighted by Crippen LogP contribution is 2.29. The van der Waals surface area contributed by atoms with E-state index in [1.807, 2.05) is 6.92 Å². The van der Waals surface area contributed by atoms with E-state index in [-0.39, 0.29) is 11.3 Å². The Bertz CT molecular complexity index is 542. The lowest BCUT2D eigenvalue weighted by molar-refractivity contribution is 0.449. The van der Waals surface area contributed by atoms with Crippen LogP contribution in [0.25, 0.3) is 11.3 Å². The lowest BCUT2D eigenvalue weighted by atomic mass is 10.1. The van der Waals surface area contributed by atoms with E-state index in [1.54, 1.807) is 0 Å². The van der Waals surface area contributed by atoms with Gasteiger partial charge >= 0.3 is 0 Å². The first kappa shape index (κ1) is 11.8. The van der Waals surface area contributed by atoms with Gasteiger partial charge in [0.2, 0.25) is 0 Å². The van der Waals surface area contributed by atoms with Crippen molar-refractivity contribution in [3.63, 3.8) is 0 Å². The molecule has 1 heterocycles. The fourth-order valence-corrected chi connectivity index (χ4v) is 1.90. The molecule has 0 aliphatic carbocycles. The smallest absolute Gasteiger partial charge is 0.195 e. The van der Waals surface area contributed by atoms with Gasteiger partial charge in [-0.15, -0.1) is 0 Å². The Kier molecular flexibility index (Phi) is 3.28. The highest BCUT2D eigenvalue weighted by atomic mass is 32.1. The number of hydrogen-bond donors (Lipinski definition) is 1. The molecule has 2 rings (SSSR count). The first-order valence-electron chi connectivity index (χ1n) is 4.85. The minimum atomic E-state index is -1.50. The van der Waals surface area contributed by atoms with Crippen LogP contribution >= 0.6 is 11.7 Å². The van der Waals surface area contributed by atoms with E-state index in [0.717, 1.165) is 23.9 Å². The van der Waals surface area contributed by atoms with Crippen LogP contribution in [0, 0.1) is 17.5 Å². The summed E-state index contributed by atoms with van der Waals surface area (Å²) >= 11 is 0.874. The average Bonchev–Trinajstić information content (AvgIpc) is 2.75. The molecule has 7 heteroatoms. The van der Waals surface area contributed by atoms with Gasteiger partial charge < -0.3 is 5.32 Å². The topological polar surface area (TPSA) is 37.8 Å². The minimum absolute atomic E-state index is 0.103. The van der Waals surface area contributed by atoms with Crippen molar-refractivity contribution >= 4 is 17.5 Å². The molecule has 1 aromatic heterocycles. The van der Waals surface area contributed by atoms with Crippen LogP contribution in [0.3, 0.4) is 0 Å². The largest absolute Gasteiger partial charge is 0.368 e. The van der Waals surface area contributed by atoms with E-state index < -0.39 is 17.5 Å². The molecule has 0 atom stereocenters. The van der Waals surface area contributed by atoms with Crippen molar-refractivity contribution in [1.82, 2.24) is 8.75 Å². The summed E-state index contributed by atoms with van der Waals surface area (Å²) in [7, 11) is 0. The lowest BCUT2D eigenvalue weighted by Crippen LogP contribution is -2.00. The van der Waals surface area contributed by atoms with Crippen molar-refractivity contribution in [2.75, 3.05) is 11.9 Å². The molecule has 0 bridgehead atoms. The highest BCUT2D eigenvalue weighted by Gasteiger charge is 2.19. The maximum atomic E-state index is 13.5. The van der Waals surface area contributed by atoms with Gasteiger partial charge in [0.1, 0.15) is 5.69 Å². The monoisotopic (exact) mass is 259 g/mol. The van der Waals surface area contributed by atoms with E-state index in [1.165, 1.54) is 0 Å². The summed E-state index contributed by atoms with van der Waals surface area (Å²) in [6.07, 6.45) is 0. The minimum Gasteiger partial charge on any atom is -0.368 e. The number of aromatic nitrogens is 2. The number of hydrogen-bond acceptors (Lipinski definition) is 4. The van der Waals surface area contributed by atoms with Gasteiger partial charge in [-0.3, -0.25) is 0 Å². The van der Waals surface area contributed by atoms with Gasteiger partial charge in [0.05, 0.1) is 11.7 Å². The maximum absolute atomic E-state index is 13.5. The van der Waals surface area contributed by atoms with Crippen molar-refractivity contribution in [2.24, 2.45) is 0 Å². The van der Waals surface area contributed by atoms with Crippen LogP contribution in [-0.4, -0.2) is 15.3 Å². The molecule has 90 valence electrons. The number of halogens is 3. The van der Waals surface area contributed by atoms with Gasteiger partial charge in [-0.25, -0.2) is 13.2 Å². The van der Waals surface area contributed by atoms with Crippen LogP contribution in [0.5, 0.6) is 0 Å². The molecule has 0 aliphatic rings. The summed E-state index contributed by atoms with van der Waals surface area (Å²) in [4.78, 5) is 0. The second-order valence-corrected chi connectivity index (χ2v) is 3.74. The summed E-state index contributed by atoms with van der Waals surface area (Å²) in [5, 5.41) is 2.87. The molecule has 0 saturated heterocycles. The first-order valence-corrected chi connectivity index (χ1v) is 5.58. The van der Waals surface area contributed by atoms with Crippen molar-refractivity contribution in [3.05, 3.63) is 29.6 Å². The van der Waals surface area contributed by atoms with E-state index >= 15 is 0 Å². The van der Waals surface area contributed by atoms with Crippen molar-refractivity contribution in [1.29, 1.82) is 0 Å². The normalized spacial score (nSPS) is 10.6. The van der Waals surface area contributed by atoms with E-state index in [9.17, 15) is 13.2 Å². The third-order valence-electron chi connectivity index (χ3n) is 2.12. The van der Waals surface area contributed by atoms with Crippen molar-refractivity contribution < 1.29 is 13.2 Å². The van der Waals surface area contributed by atoms with Crippen LogP contribution < -0.4 is 5.32 Å². The third kappa shape index (κ3) is 2.10. The van der Waals surface area contributed by atoms with Gasteiger partial charge in [-0.05, 0) is 19.1 Å². The molecule has 0 radical (unpaired) electrons. The quantitative estimate of drug-likeness (QED) is 0.861. The molecule has 0 saturated carbocycles. The van der Waals surface area contributed by atoms with Crippen LogP contribution in [0.2, 0.25) is 0 Å². The van der Waals surface area contributed by atoms with Crippen molar-refractivity contribution in [2.45, 2.75) is 6.92 Å². The third-order valence-corrected chi connectivity index (χ3v) is 2.65. The molecule has 17 heavy (non-hydrogen) atoms. The maximum Gasteiger partial charge on any atom is 0.195 e. The fourth-order valence-electron chi connectivity index (χ4n) is 1.36. The van der Waals surface area contributed by atoms with Crippen LogP contribution in [0.4, 0.5) is 19.0 Å². The zero-order chi connectivity index (χ0) is 12.4. The highest BCUT2D eigenvalue weighted by molar-refractivity contribution is 6.99. The SMILES string of the molecule is CCNc1nsnc1-c1ccc(F)c(F)c1F. The summed E-state index contributed by atoms with van der Waals surface area (Å²) < 4.78 is 47.2. The summed E-state index contributed by atoms with van der Waals surface area (Å²) in [5.74, 6) is -3.61. The average molecular weight is 259 g/mol. The molecule has 3 nitrogen and oxygen atoms in total. The molecule has 1 aromatic carbocycles. The second-order valence-electron chi connectivity index (χ2n) is 3.21. The number of anilines is 1. The molecule has 0 unspecified atom stereocenters. The Morgan fingerprint density at radius 3 is 2.65 bits per heavy atom. The van der Waals surface area contributed by atoms with Crippen molar-refractivity contribution in [3.8, 4) is 11.3 Å². The molecular formula is C10H8F3N3S. The molecule has 1 N–H and O–H groups in total. The summed E-state index contributed by atoms with van der Waals surface area (Å²) in [6, 6.07) is 2.01. The zero-order valence-electron chi connectivity index (χ0n) is 8.80. The number of nitrogens with zero attached hydrogens (tertiary/aromatic N) is 2. The molecule has 0 aliphatic heterocycles. The van der Waals surface area contributed by atoms with Crippen LogP contribution in [0.1, 0.15) is 6.92 Å². The van der Waals surface area contributed by atoms with E-state index in [2.05, 4.69) is 14.1 Å². The Morgan fingerprint density at radius 1 is 1.18 bits per heavy atom. The summed E-state index contributed by atoms with van der Waals surface area (Å²) in [5.41, 5.74) is 0.0850. The van der Waals surface area contributed by atoms with Gasteiger partial charge in [0.25, 0.3) is 0 Å². The predicted octanol–water partition coefficient (Wildman–Crippen LogP) is 3.05. The Balaban J connectivity index is 2.53. The van der Waals surface area contributed by atoms with Gasteiger partial charge in [-0.2, -0.15) is 8.75 Å². The van der Waals surface area contributed by atoms with Gasteiger partial charge in [0.15, 0.2) is 23.3 Å². The van der Waals surface area contributed by atoms with Crippen LogP contribution in [-0.2, 0) is 0 Å². The first-order chi connectivity index (χ1) is 8.15. The summed E-state index contributed by atoms with van der Waals surface area (Å²) in [6.45, 7) is 2.41. The molecular weight excluding hydrogens is 251 g/mol. The molecule has 0 amide bonds. The molecule has 0 fully saturated rings. The molecule has 2 aromatic rings. The fraction of sp³-hybridized carbons (Fsp3) is 0.200. The predicted molar refractivity (Wildman–Crippen MR) is 59.4 cm³/mol. The zero-order valence-corrected chi connectivity index (χ0v) is 9.61. The Morgan fingerprint density at radius 2 is 1.94 bits per heavy atom. The Labute approximate surface area is 99.6 Å². The number of rotatable bonds is 3. The van der Waals surface area contributed by atoms with E-state index in [4.69, 9.17) is 0 Å². The van der Waals surface area contributed by atoms with Crippen LogP contribution in [0.15, 0.2) is 12.1 Å². The second kappa shape index (κ2) is 4.70. The van der Waals surface area contributed by atoms with Gasteiger partial charge in [0, 0.05) is 12.1 Å². The Hall–Kier alpha value is -1.63. The standard InChI is InChI=1S/C10H8F3N3S/c1-2-14-10-9(15-17-16-10)5-3-4-6(11)8(13)7(5)12/h3-4H,2H2,1H3,(H,14,16). The number of benzene rings is 1. The molecule has 0 spiro atoms. The number of nitrogens with one attached hydrogen (secondary N) is 1. The van der Waals surface area contributed by atoms with E-state index in [0.29, 0.717) is 12.4 Å². The van der Waals surface area contributed by atoms with Gasteiger partial charge in [-0.1, -0.05) is 0 Å².